The summed E-state index contributed by atoms with van der Waals surface area (Å²) in [4.78, 5) is 17.2. The number of carbonyl (C=O) groups is 1. The molecule has 5 rings (SSSR count). The number of piperidine rings is 1. The molecule has 6 nitrogen and oxygen atoms in total. The molecule has 27 heavy (non-hydrogen) atoms. The summed E-state index contributed by atoms with van der Waals surface area (Å²) in [5.74, 6) is 2.69. The summed E-state index contributed by atoms with van der Waals surface area (Å²) >= 11 is 0. The number of likely N-dealkylation sites (tertiary alicyclic amines) is 1. The Morgan fingerprint density at radius 2 is 1.70 bits per heavy atom. The van der Waals surface area contributed by atoms with Crippen LogP contribution in [0.2, 0.25) is 0 Å². The summed E-state index contributed by atoms with van der Waals surface area (Å²) in [5.41, 5.74) is 2.39. The average Bonchev–Trinajstić information content (AvgIpc) is 3.45. The highest BCUT2D eigenvalue weighted by molar-refractivity contribution is 5.95. The minimum Gasteiger partial charge on any atom is -0.425 e. The number of hydrogen-bond donors (Lipinski definition) is 0. The van der Waals surface area contributed by atoms with Crippen LogP contribution < -0.4 is 4.90 Å². The lowest BCUT2D eigenvalue weighted by molar-refractivity contribution is -0.120. The van der Waals surface area contributed by atoms with E-state index in [1.54, 1.807) is 0 Å². The van der Waals surface area contributed by atoms with Gasteiger partial charge in [0.05, 0.1) is 6.54 Å². The van der Waals surface area contributed by atoms with Gasteiger partial charge >= 0.3 is 0 Å². The molecule has 2 fully saturated rings. The Balaban J connectivity index is 1.17. The van der Waals surface area contributed by atoms with Gasteiger partial charge in [-0.2, -0.15) is 0 Å². The van der Waals surface area contributed by atoms with Crippen molar-refractivity contribution in [2.45, 2.75) is 50.4 Å². The molecule has 1 amide bonds. The number of nitrogens with zero attached hydrogens (tertiary/aromatic N) is 4. The molecule has 0 N–H and O–H groups in total. The fraction of sp³-hybridized carbons (Fsp3) is 0.571. The molecule has 0 atom stereocenters. The maximum absolute atomic E-state index is 12.9. The third-order valence-corrected chi connectivity index (χ3v) is 6.09. The number of hydrogen-bond acceptors (Lipinski definition) is 5. The highest BCUT2D eigenvalue weighted by atomic mass is 16.4. The molecule has 142 valence electrons. The van der Waals surface area contributed by atoms with E-state index in [-0.39, 0.29) is 5.91 Å². The van der Waals surface area contributed by atoms with Gasteiger partial charge in [0.15, 0.2) is 0 Å². The molecule has 1 aliphatic carbocycles. The van der Waals surface area contributed by atoms with Crippen molar-refractivity contribution in [1.29, 1.82) is 0 Å². The molecule has 1 saturated carbocycles. The summed E-state index contributed by atoms with van der Waals surface area (Å²) in [6, 6.07) is 8.30. The van der Waals surface area contributed by atoms with Crippen LogP contribution in [0.1, 0.15) is 61.3 Å². The minimum absolute atomic E-state index is 0.217. The van der Waals surface area contributed by atoms with E-state index in [1.807, 2.05) is 11.0 Å². The normalized spacial score (nSPS) is 21.3. The highest BCUT2D eigenvalue weighted by Gasteiger charge is 2.32. The third kappa shape index (κ3) is 3.50. The Morgan fingerprint density at radius 1 is 1.00 bits per heavy atom. The first-order chi connectivity index (χ1) is 13.3. The SMILES string of the molecule is O=C(CN1CCC(c2nnc(C3CC3)o2)CC1)N1CCCc2ccccc21. The molecule has 3 heterocycles. The van der Waals surface area contributed by atoms with E-state index < -0.39 is 0 Å². The van der Waals surface area contributed by atoms with Crippen LogP contribution in [0, 0.1) is 0 Å². The van der Waals surface area contributed by atoms with Crippen molar-refractivity contribution in [3.8, 4) is 0 Å². The fourth-order valence-electron chi connectivity index (χ4n) is 4.31. The summed E-state index contributed by atoms with van der Waals surface area (Å²) in [6.45, 7) is 3.15. The van der Waals surface area contributed by atoms with E-state index >= 15 is 0 Å². The van der Waals surface area contributed by atoms with Crippen LogP contribution >= 0.6 is 0 Å². The summed E-state index contributed by atoms with van der Waals surface area (Å²) < 4.78 is 5.88. The van der Waals surface area contributed by atoms with E-state index in [1.165, 1.54) is 18.4 Å². The van der Waals surface area contributed by atoms with Gasteiger partial charge in [0.1, 0.15) is 0 Å². The van der Waals surface area contributed by atoms with E-state index in [0.717, 1.165) is 62.8 Å². The van der Waals surface area contributed by atoms with Gasteiger partial charge in [-0.1, -0.05) is 18.2 Å². The number of fused-ring (bicyclic) bond motifs is 1. The van der Waals surface area contributed by atoms with Gasteiger partial charge in [-0.3, -0.25) is 9.69 Å². The topological polar surface area (TPSA) is 62.5 Å². The Kier molecular flexibility index (Phi) is 4.44. The van der Waals surface area contributed by atoms with E-state index in [9.17, 15) is 4.79 Å². The lowest BCUT2D eigenvalue weighted by atomic mass is 9.96. The molecule has 2 aliphatic heterocycles. The molecule has 0 radical (unpaired) electrons. The van der Waals surface area contributed by atoms with Gasteiger partial charge in [0, 0.05) is 24.1 Å². The molecule has 6 heteroatoms. The zero-order valence-corrected chi connectivity index (χ0v) is 15.6. The smallest absolute Gasteiger partial charge is 0.241 e. The quantitative estimate of drug-likeness (QED) is 0.832. The summed E-state index contributed by atoms with van der Waals surface area (Å²) in [6.07, 6.45) is 6.44. The van der Waals surface area contributed by atoms with Crippen molar-refractivity contribution >= 4 is 11.6 Å². The van der Waals surface area contributed by atoms with Crippen LogP contribution in [0.4, 0.5) is 5.69 Å². The summed E-state index contributed by atoms with van der Waals surface area (Å²) in [7, 11) is 0. The minimum atomic E-state index is 0.217. The number of anilines is 1. The monoisotopic (exact) mass is 366 g/mol. The lowest BCUT2D eigenvalue weighted by Gasteiger charge is -2.34. The van der Waals surface area contributed by atoms with E-state index in [0.29, 0.717) is 18.4 Å². The Morgan fingerprint density at radius 3 is 2.44 bits per heavy atom. The molecule has 0 bridgehead atoms. The second-order valence-electron chi connectivity index (χ2n) is 8.08. The number of carbonyl (C=O) groups excluding carboxylic acids is 1. The molecular formula is C21H26N4O2. The van der Waals surface area contributed by atoms with Gasteiger partial charge in [-0.25, -0.2) is 0 Å². The lowest BCUT2D eigenvalue weighted by Crippen LogP contribution is -2.45. The first-order valence-electron chi connectivity index (χ1n) is 10.2. The highest BCUT2D eigenvalue weighted by Crippen LogP contribution is 2.40. The molecule has 2 aromatic rings. The number of aryl methyl sites for hydroxylation is 1. The van der Waals surface area contributed by atoms with Crippen LogP contribution in [-0.4, -0.2) is 47.2 Å². The largest absolute Gasteiger partial charge is 0.425 e. The maximum atomic E-state index is 12.9. The number of rotatable bonds is 4. The van der Waals surface area contributed by atoms with Crippen molar-refractivity contribution in [3.05, 3.63) is 41.6 Å². The second-order valence-corrected chi connectivity index (χ2v) is 8.08. The predicted octanol–water partition coefficient (Wildman–Crippen LogP) is 3.11. The van der Waals surface area contributed by atoms with Gasteiger partial charge in [-0.05, 0) is 63.2 Å². The number of amides is 1. The molecule has 1 aromatic heterocycles. The van der Waals surface area contributed by atoms with Crippen molar-refractivity contribution in [3.63, 3.8) is 0 Å². The standard InChI is InChI=1S/C21H26N4O2/c26-19(25-11-3-5-15-4-1-2-6-18(15)25)14-24-12-9-17(10-13-24)21-23-22-20(27-21)16-7-8-16/h1-2,4,6,16-17H,3,5,7-14H2. The first-order valence-corrected chi connectivity index (χ1v) is 10.2. The maximum Gasteiger partial charge on any atom is 0.241 e. The van der Waals surface area contributed by atoms with Crippen molar-refractivity contribution in [2.75, 3.05) is 31.1 Å². The van der Waals surface area contributed by atoms with Crippen LogP contribution in [0.3, 0.4) is 0 Å². The molecule has 0 spiro atoms. The zero-order valence-electron chi connectivity index (χ0n) is 15.6. The van der Waals surface area contributed by atoms with Gasteiger partial charge in [0.2, 0.25) is 17.7 Å². The number of para-hydroxylation sites is 1. The number of aromatic nitrogens is 2. The number of benzene rings is 1. The third-order valence-electron chi connectivity index (χ3n) is 6.09. The molecule has 1 aromatic carbocycles. The Bertz CT molecular complexity index is 821. The van der Waals surface area contributed by atoms with Crippen LogP contribution in [0.5, 0.6) is 0 Å². The van der Waals surface area contributed by atoms with Crippen molar-refractivity contribution in [1.82, 2.24) is 15.1 Å². The van der Waals surface area contributed by atoms with Crippen LogP contribution in [-0.2, 0) is 11.2 Å². The molecule has 3 aliphatic rings. The fourth-order valence-corrected chi connectivity index (χ4v) is 4.31. The Hall–Kier alpha value is -2.21. The Labute approximate surface area is 159 Å². The molecule has 1 saturated heterocycles. The predicted molar refractivity (Wildman–Crippen MR) is 102 cm³/mol. The second kappa shape index (κ2) is 7.08. The first kappa shape index (κ1) is 16.9. The molecule has 0 unspecified atom stereocenters. The molecular weight excluding hydrogens is 340 g/mol. The van der Waals surface area contributed by atoms with Crippen molar-refractivity contribution < 1.29 is 9.21 Å². The van der Waals surface area contributed by atoms with E-state index in [4.69, 9.17) is 4.42 Å². The van der Waals surface area contributed by atoms with Crippen LogP contribution in [0.25, 0.3) is 0 Å². The van der Waals surface area contributed by atoms with Gasteiger partial charge in [-0.15, -0.1) is 10.2 Å². The average molecular weight is 366 g/mol. The van der Waals surface area contributed by atoms with Gasteiger partial charge in [0.25, 0.3) is 0 Å². The van der Waals surface area contributed by atoms with Gasteiger partial charge < -0.3 is 9.32 Å². The van der Waals surface area contributed by atoms with E-state index in [2.05, 4.69) is 33.3 Å². The van der Waals surface area contributed by atoms with Crippen LogP contribution in [0.15, 0.2) is 28.7 Å². The van der Waals surface area contributed by atoms with Crippen molar-refractivity contribution in [2.24, 2.45) is 0 Å². The zero-order chi connectivity index (χ0) is 18.2. The summed E-state index contributed by atoms with van der Waals surface area (Å²) in [5, 5.41) is 8.49.